The smallest absolute Gasteiger partial charge is 0.172 e. The quantitative estimate of drug-likeness (QED) is 0.394. The lowest BCUT2D eigenvalue weighted by atomic mass is 10.2. The second-order valence-corrected chi connectivity index (χ2v) is 6.00. The van der Waals surface area contributed by atoms with Crippen molar-refractivity contribution in [1.82, 2.24) is 10.4 Å². The first-order valence-corrected chi connectivity index (χ1v) is 8.34. The lowest BCUT2D eigenvalue weighted by Gasteiger charge is -2.05. The summed E-state index contributed by atoms with van der Waals surface area (Å²) < 4.78 is 0.856. The van der Waals surface area contributed by atoms with Crippen molar-refractivity contribution >= 4 is 33.7 Å². The highest BCUT2D eigenvalue weighted by molar-refractivity contribution is 9.10. The van der Waals surface area contributed by atoms with Crippen LogP contribution in [-0.4, -0.2) is 22.1 Å². The second kappa shape index (κ2) is 8.21. The van der Waals surface area contributed by atoms with Gasteiger partial charge >= 0.3 is 0 Å². The highest BCUT2D eigenvalue weighted by Crippen LogP contribution is 2.20. The minimum Gasteiger partial charge on any atom is -0.507 e. The molecule has 25 heavy (non-hydrogen) atoms. The minimum absolute atomic E-state index is 0.146. The number of para-hydroxylation sites is 1. The number of benzene rings is 2. The van der Waals surface area contributed by atoms with Crippen molar-refractivity contribution in [3.63, 3.8) is 0 Å². The first kappa shape index (κ1) is 16.9. The van der Waals surface area contributed by atoms with Crippen molar-refractivity contribution < 1.29 is 5.11 Å². The number of pyridine rings is 1. The molecule has 0 radical (unpaired) electrons. The summed E-state index contributed by atoms with van der Waals surface area (Å²) in [4.78, 5) is 8.87. The number of halogens is 1. The van der Waals surface area contributed by atoms with Gasteiger partial charge in [-0.1, -0.05) is 40.2 Å². The number of hydrogen-bond donors (Lipinski definition) is 2. The molecule has 6 heteroatoms. The number of aliphatic imine (C=N–C) groups is 1. The number of hydrogen-bond acceptors (Lipinski definition) is 4. The van der Waals surface area contributed by atoms with Crippen molar-refractivity contribution in [2.75, 3.05) is 0 Å². The van der Waals surface area contributed by atoms with Gasteiger partial charge in [0.25, 0.3) is 0 Å². The predicted molar refractivity (Wildman–Crippen MR) is 103 cm³/mol. The fraction of sp³-hybridized carbons (Fsp3) is 0. The van der Waals surface area contributed by atoms with E-state index in [1.807, 2.05) is 48.5 Å². The van der Waals surface area contributed by atoms with Crippen LogP contribution in [0, 0.1) is 0 Å². The normalized spacial score (nSPS) is 11.6. The lowest BCUT2D eigenvalue weighted by molar-refractivity contribution is 0.474. The molecule has 0 aliphatic carbocycles. The highest BCUT2D eigenvalue weighted by Gasteiger charge is 2.04. The van der Waals surface area contributed by atoms with E-state index in [0.717, 1.165) is 10.2 Å². The zero-order valence-corrected chi connectivity index (χ0v) is 14.8. The molecule has 0 spiro atoms. The average molecular weight is 395 g/mol. The Morgan fingerprint density at radius 2 is 1.84 bits per heavy atom. The van der Waals surface area contributed by atoms with Gasteiger partial charge in [-0.05, 0) is 42.5 Å². The molecular weight excluding hydrogens is 380 g/mol. The van der Waals surface area contributed by atoms with E-state index in [4.69, 9.17) is 0 Å². The molecule has 0 amide bonds. The maximum atomic E-state index is 9.87. The third kappa shape index (κ3) is 4.74. The fourth-order valence-electron chi connectivity index (χ4n) is 2.07. The van der Waals surface area contributed by atoms with E-state index >= 15 is 0 Å². The van der Waals surface area contributed by atoms with Crippen molar-refractivity contribution in [3.05, 3.63) is 88.7 Å². The molecule has 0 saturated carbocycles. The molecule has 0 saturated heterocycles. The van der Waals surface area contributed by atoms with Gasteiger partial charge in [0.1, 0.15) is 11.4 Å². The van der Waals surface area contributed by atoms with Crippen LogP contribution in [0.3, 0.4) is 0 Å². The molecule has 124 valence electrons. The van der Waals surface area contributed by atoms with E-state index in [1.54, 1.807) is 24.4 Å². The Labute approximate surface area is 153 Å². The summed E-state index contributed by atoms with van der Waals surface area (Å²) in [6.07, 6.45) is 3.23. The Morgan fingerprint density at radius 3 is 2.60 bits per heavy atom. The summed E-state index contributed by atoms with van der Waals surface area (Å²) in [6.45, 7) is 0. The maximum Gasteiger partial charge on any atom is 0.172 e. The molecule has 0 atom stereocenters. The standard InChI is InChI=1S/C19H15BrN4O/c20-15-9-10-18(25)14(12-15)13-22-24-19(17-8-4-5-11-21-17)23-16-6-2-1-3-7-16/h1-13,25H,(H,23,24). The Hall–Kier alpha value is -2.99. The molecule has 1 aromatic heterocycles. The Kier molecular flexibility index (Phi) is 5.53. The van der Waals surface area contributed by atoms with Gasteiger partial charge in [0.15, 0.2) is 5.84 Å². The summed E-state index contributed by atoms with van der Waals surface area (Å²) in [6, 6.07) is 20.3. The van der Waals surface area contributed by atoms with Gasteiger partial charge < -0.3 is 5.11 Å². The van der Waals surface area contributed by atoms with Crippen LogP contribution < -0.4 is 5.43 Å². The van der Waals surface area contributed by atoms with E-state index in [0.29, 0.717) is 17.1 Å². The van der Waals surface area contributed by atoms with Gasteiger partial charge in [-0.15, -0.1) is 0 Å². The van der Waals surface area contributed by atoms with Crippen LogP contribution in [0.25, 0.3) is 0 Å². The highest BCUT2D eigenvalue weighted by atomic mass is 79.9. The summed E-state index contributed by atoms with van der Waals surface area (Å²) in [5.41, 5.74) is 4.95. The molecule has 5 nitrogen and oxygen atoms in total. The van der Waals surface area contributed by atoms with E-state index in [-0.39, 0.29) is 5.75 Å². The molecule has 0 aliphatic heterocycles. The summed E-state index contributed by atoms with van der Waals surface area (Å²) in [7, 11) is 0. The van der Waals surface area contributed by atoms with E-state index in [1.165, 1.54) is 6.21 Å². The molecule has 0 unspecified atom stereocenters. The molecule has 1 heterocycles. The first-order valence-electron chi connectivity index (χ1n) is 7.55. The Bertz CT molecular complexity index is 896. The zero-order valence-electron chi connectivity index (χ0n) is 13.2. The maximum absolute atomic E-state index is 9.87. The van der Waals surface area contributed by atoms with Crippen LogP contribution in [0.2, 0.25) is 0 Å². The van der Waals surface area contributed by atoms with Crippen LogP contribution in [0.5, 0.6) is 5.75 Å². The molecule has 0 bridgehead atoms. The Morgan fingerprint density at radius 1 is 1.04 bits per heavy atom. The number of aromatic nitrogens is 1. The molecule has 0 fully saturated rings. The fourth-order valence-corrected chi connectivity index (χ4v) is 2.44. The molecule has 3 rings (SSSR count). The van der Waals surface area contributed by atoms with Crippen molar-refractivity contribution in [2.45, 2.75) is 0 Å². The van der Waals surface area contributed by atoms with Gasteiger partial charge in [-0.3, -0.25) is 10.4 Å². The monoisotopic (exact) mass is 394 g/mol. The summed E-state index contributed by atoms with van der Waals surface area (Å²) in [5, 5.41) is 14.1. The predicted octanol–water partition coefficient (Wildman–Crippen LogP) is 4.25. The molecular formula is C19H15BrN4O. The van der Waals surface area contributed by atoms with Crippen LogP contribution in [0.1, 0.15) is 11.3 Å². The van der Waals surface area contributed by atoms with Crippen molar-refractivity contribution in [1.29, 1.82) is 0 Å². The number of phenolic OH excluding ortho intramolecular Hbond substituents is 1. The Balaban J connectivity index is 1.87. The molecule has 0 aliphatic rings. The topological polar surface area (TPSA) is 69.9 Å². The number of hydrazone groups is 1. The van der Waals surface area contributed by atoms with E-state index < -0.39 is 0 Å². The van der Waals surface area contributed by atoms with Gasteiger partial charge in [0.05, 0.1) is 11.9 Å². The average Bonchev–Trinajstić information content (AvgIpc) is 2.65. The zero-order chi connectivity index (χ0) is 17.5. The third-order valence-corrected chi connectivity index (χ3v) is 3.76. The number of phenols is 1. The number of nitrogens with zero attached hydrogens (tertiary/aromatic N) is 3. The third-order valence-electron chi connectivity index (χ3n) is 3.27. The summed E-state index contributed by atoms with van der Waals surface area (Å²) in [5.74, 6) is 0.658. The number of aromatic hydroxyl groups is 1. The van der Waals surface area contributed by atoms with Crippen molar-refractivity contribution in [3.8, 4) is 5.75 Å². The minimum atomic E-state index is 0.146. The van der Waals surface area contributed by atoms with Crippen molar-refractivity contribution in [2.24, 2.45) is 10.1 Å². The molecule has 3 aromatic rings. The SMILES string of the molecule is Oc1ccc(Br)cc1C=NNC(=Nc1ccccc1)c1ccccn1. The van der Waals surface area contributed by atoms with Crippen LogP contribution in [-0.2, 0) is 0 Å². The van der Waals surface area contributed by atoms with Gasteiger partial charge in [0.2, 0.25) is 0 Å². The largest absolute Gasteiger partial charge is 0.507 e. The van der Waals surface area contributed by atoms with Crippen LogP contribution >= 0.6 is 15.9 Å². The van der Waals surface area contributed by atoms with Gasteiger partial charge in [0, 0.05) is 16.2 Å². The van der Waals surface area contributed by atoms with Crippen LogP contribution in [0.4, 0.5) is 5.69 Å². The first-order chi connectivity index (χ1) is 12.2. The molecule has 2 N–H and O–H groups in total. The summed E-state index contributed by atoms with van der Waals surface area (Å²) >= 11 is 3.37. The second-order valence-electron chi connectivity index (χ2n) is 5.08. The van der Waals surface area contributed by atoms with Gasteiger partial charge in [-0.2, -0.15) is 5.10 Å². The van der Waals surface area contributed by atoms with E-state index in [9.17, 15) is 5.11 Å². The lowest BCUT2D eigenvalue weighted by Crippen LogP contribution is -2.20. The van der Waals surface area contributed by atoms with E-state index in [2.05, 4.69) is 36.4 Å². The number of nitrogens with one attached hydrogen (secondary N) is 1. The number of amidine groups is 1. The number of rotatable bonds is 4. The molecule has 2 aromatic carbocycles. The van der Waals surface area contributed by atoms with Gasteiger partial charge in [-0.25, -0.2) is 4.99 Å². The van der Waals surface area contributed by atoms with Crippen LogP contribution in [0.15, 0.2) is 87.5 Å².